The molecule has 4 rings (SSSR count). The van der Waals surface area contributed by atoms with Gasteiger partial charge in [-0.3, -0.25) is 18.6 Å². The van der Waals surface area contributed by atoms with E-state index in [0.29, 0.717) is 23.5 Å². The molecule has 43 heavy (non-hydrogen) atoms. The summed E-state index contributed by atoms with van der Waals surface area (Å²) in [4.78, 5) is 57.7. The summed E-state index contributed by atoms with van der Waals surface area (Å²) in [5.41, 5.74) is -0.818. The lowest BCUT2D eigenvalue weighted by Gasteiger charge is -2.40. The van der Waals surface area contributed by atoms with Gasteiger partial charge in [0.05, 0.1) is 24.5 Å². The minimum atomic E-state index is -3.62. The third-order valence-electron chi connectivity index (χ3n) is 7.64. The second-order valence-corrected chi connectivity index (χ2v) is 14.8. The first kappa shape index (κ1) is 32.7. The van der Waals surface area contributed by atoms with E-state index >= 15 is 0 Å². The van der Waals surface area contributed by atoms with Crippen LogP contribution in [0.2, 0.25) is 0 Å². The standard InChI is InChI=1S/C30H43N3O9S/c1-19(34)20-15-21(18-31(17-20)28(37)42-29(2,3)4)26(35)33(22-9-10-22)23-11-12-25-24(16-23)32(27(36)30(5,6)41-25)13-8-14-40-43(7,38)39/h11-12,16,20-22H,8-10,13-15,17-18H2,1-7H3. The lowest BCUT2D eigenvalue weighted by atomic mass is 9.86. The predicted molar refractivity (Wildman–Crippen MR) is 160 cm³/mol. The van der Waals surface area contributed by atoms with Crippen molar-refractivity contribution in [2.24, 2.45) is 11.8 Å². The van der Waals surface area contributed by atoms with Gasteiger partial charge in [-0.15, -0.1) is 0 Å². The predicted octanol–water partition coefficient (Wildman–Crippen LogP) is 3.51. The highest BCUT2D eigenvalue weighted by Crippen LogP contribution is 2.43. The summed E-state index contributed by atoms with van der Waals surface area (Å²) in [5.74, 6) is -1.23. The van der Waals surface area contributed by atoms with Gasteiger partial charge >= 0.3 is 6.09 Å². The molecule has 0 aromatic heterocycles. The van der Waals surface area contributed by atoms with Gasteiger partial charge in [0, 0.05) is 37.3 Å². The van der Waals surface area contributed by atoms with E-state index in [0.717, 1.165) is 19.1 Å². The molecule has 1 aromatic rings. The summed E-state index contributed by atoms with van der Waals surface area (Å²) in [6.45, 7) is 10.5. The van der Waals surface area contributed by atoms with Gasteiger partial charge in [-0.2, -0.15) is 8.42 Å². The Labute approximate surface area is 253 Å². The zero-order chi connectivity index (χ0) is 31.9. The van der Waals surface area contributed by atoms with Gasteiger partial charge in [0.25, 0.3) is 16.0 Å². The van der Waals surface area contributed by atoms with E-state index in [1.54, 1.807) is 62.6 Å². The van der Waals surface area contributed by atoms with Crippen LogP contribution in [0.3, 0.4) is 0 Å². The van der Waals surface area contributed by atoms with Crippen molar-refractivity contribution in [1.82, 2.24) is 4.90 Å². The number of carbonyl (C=O) groups excluding carboxylic acids is 4. The van der Waals surface area contributed by atoms with Crippen molar-refractivity contribution in [3.05, 3.63) is 18.2 Å². The minimum absolute atomic E-state index is 0.0495. The van der Waals surface area contributed by atoms with Gasteiger partial charge < -0.3 is 24.2 Å². The monoisotopic (exact) mass is 621 g/mol. The van der Waals surface area contributed by atoms with E-state index in [4.69, 9.17) is 13.7 Å². The second kappa shape index (κ2) is 12.1. The minimum Gasteiger partial charge on any atom is -0.476 e. The van der Waals surface area contributed by atoms with Crippen LogP contribution in [0.1, 0.15) is 67.2 Å². The van der Waals surface area contributed by atoms with Gasteiger partial charge in [0.2, 0.25) is 5.91 Å². The average molecular weight is 622 g/mol. The number of rotatable bonds is 9. The Bertz CT molecular complexity index is 1380. The SMILES string of the molecule is CC(=O)C1CC(C(=O)N(c2ccc3c(c2)N(CCCOS(C)(=O)=O)C(=O)C(C)(C)O3)C2CC2)CN(C(=O)OC(C)(C)C)C1. The number of amides is 3. The fraction of sp³-hybridized carbons (Fsp3) is 0.667. The van der Waals surface area contributed by atoms with Crippen LogP contribution in [-0.2, 0) is 33.4 Å². The van der Waals surface area contributed by atoms with Crippen LogP contribution < -0.4 is 14.5 Å². The van der Waals surface area contributed by atoms with Crippen molar-refractivity contribution >= 4 is 45.2 Å². The Morgan fingerprint density at radius 2 is 1.77 bits per heavy atom. The number of nitrogens with zero attached hydrogens (tertiary/aromatic N) is 3. The van der Waals surface area contributed by atoms with Crippen LogP contribution in [0.15, 0.2) is 18.2 Å². The first-order valence-electron chi connectivity index (χ1n) is 14.7. The molecule has 3 aliphatic rings. The Morgan fingerprint density at radius 1 is 1.12 bits per heavy atom. The zero-order valence-electron chi connectivity index (χ0n) is 26.0. The molecule has 12 nitrogen and oxygen atoms in total. The Morgan fingerprint density at radius 3 is 2.35 bits per heavy atom. The molecule has 2 heterocycles. The van der Waals surface area contributed by atoms with Crippen LogP contribution in [0.5, 0.6) is 5.75 Å². The molecule has 1 aromatic carbocycles. The van der Waals surface area contributed by atoms with Gasteiger partial charge in [-0.1, -0.05) is 0 Å². The number of ether oxygens (including phenoxy) is 2. The smallest absolute Gasteiger partial charge is 0.410 e. The molecule has 0 radical (unpaired) electrons. The van der Waals surface area contributed by atoms with Crippen molar-refractivity contribution in [2.45, 2.75) is 84.5 Å². The largest absolute Gasteiger partial charge is 0.476 e. The fourth-order valence-electron chi connectivity index (χ4n) is 5.46. The van der Waals surface area contributed by atoms with Crippen molar-refractivity contribution in [1.29, 1.82) is 0 Å². The number of fused-ring (bicyclic) bond motifs is 1. The maximum absolute atomic E-state index is 14.2. The van der Waals surface area contributed by atoms with E-state index in [1.807, 2.05) is 0 Å². The van der Waals surface area contributed by atoms with E-state index in [9.17, 15) is 27.6 Å². The third-order valence-corrected chi connectivity index (χ3v) is 8.23. The lowest BCUT2D eigenvalue weighted by Crippen LogP contribution is -2.53. The topological polar surface area (TPSA) is 140 Å². The Kier molecular flexibility index (Phi) is 9.18. The van der Waals surface area contributed by atoms with Crippen molar-refractivity contribution in [3.63, 3.8) is 0 Å². The average Bonchev–Trinajstić information content (AvgIpc) is 3.72. The van der Waals surface area contributed by atoms with Gasteiger partial charge in [0.1, 0.15) is 17.1 Å². The van der Waals surface area contributed by atoms with Gasteiger partial charge in [0.15, 0.2) is 5.60 Å². The van der Waals surface area contributed by atoms with E-state index in [1.165, 1.54) is 11.8 Å². The molecule has 0 N–H and O–H groups in total. The molecule has 1 aliphatic carbocycles. The molecule has 2 unspecified atom stereocenters. The molecule has 1 saturated heterocycles. The van der Waals surface area contributed by atoms with E-state index in [2.05, 4.69) is 0 Å². The zero-order valence-corrected chi connectivity index (χ0v) is 26.9. The van der Waals surface area contributed by atoms with Crippen LogP contribution in [0.25, 0.3) is 0 Å². The summed E-state index contributed by atoms with van der Waals surface area (Å²) in [6.07, 6.45) is 2.60. The lowest BCUT2D eigenvalue weighted by molar-refractivity contribution is -0.132. The Balaban J connectivity index is 1.62. The number of piperidine rings is 1. The number of likely N-dealkylation sites (tertiary alicyclic amines) is 1. The highest BCUT2D eigenvalue weighted by molar-refractivity contribution is 7.85. The molecule has 3 amide bonds. The molecule has 238 valence electrons. The summed E-state index contributed by atoms with van der Waals surface area (Å²) >= 11 is 0. The number of carbonyl (C=O) groups is 4. The van der Waals surface area contributed by atoms with Crippen molar-refractivity contribution in [2.75, 3.05) is 42.3 Å². The summed E-state index contributed by atoms with van der Waals surface area (Å²) in [7, 11) is -3.62. The summed E-state index contributed by atoms with van der Waals surface area (Å²) in [5, 5.41) is 0. The number of hydrogen-bond donors (Lipinski definition) is 0. The second-order valence-electron chi connectivity index (χ2n) is 13.2. The van der Waals surface area contributed by atoms with E-state index in [-0.39, 0.29) is 56.3 Å². The molecule has 0 bridgehead atoms. The number of anilines is 2. The van der Waals surface area contributed by atoms with Gasteiger partial charge in [-0.25, -0.2) is 4.79 Å². The van der Waals surface area contributed by atoms with Crippen LogP contribution in [-0.4, -0.2) is 86.7 Å². The third kappa shape index (κ3) is 8.05. The maximum Gasteiger partial charge on any atom is 0.410 e. The van der Waals surface area contributed by atoms with Crippen LogP contribution in [0.4, 0.5) is 16.2 Å². The van der Waals surface area contributed by atoms with Crippen molar-refractivity contribution in [3.8, 4) is 5.75 Å². The summed E-state index contributed by atoms with van der Waals surface area (Å²) in [6, 6.07) is 5.20. The maximum atomic E-state index is 14.2. The quantitative estimate of drug-likeness (QED) is 0.299. The molecule has 2 atom stereocenters. The molecule has 2 fully saturated rings. The molecular weight excluding hydrogens is 578 g/mol. The Hall–Kier alpha value is -3.19. The highest BCUT2D eigenvalue weighted by atomic mass is 32.2. The normalized spacial score (nSPS) is 22.0. The first-order valence-corrected chi connectivity index (χ1v) is 16.5. The van der Waals surface area contributed by atoms with Crippen molar-refractivity contribution < 1.29 is 41.3 Å². The van der Waals surface area contributed by atoms with Crippen LogP contribution in [0, 0.1) is 11.8 Å². The van der Waals surface area contributed by atoms with Crippen LogP contribution >= 0.6 is 0 Å². The number of ketones is 1. The van der Waals surface area contributed by atoms with Gasteiger partial charge in [-0.05, 0) is 85.4 Å². The molecular formula is C30H43N3O9S. The first-order chi connectivity index (χ1) is 19.9. The molecule has 1 saturated carbocycles. The number of benzene rings is 1. The number of Topliss-reactive ketones (excluding diaryl/α,β-unsaturated/α-hetero) is 1. The molecule has 13 heteroatoms. The van der Waals surface area contributed by atoms with E-state index < -0.39 is 39.2 Å². The molecule has 0 spiro atoms. The number of hydrogen-bond acceptors (Lipinski definition) is 9. The fourth-order valence-corrected chi connectivity index (χ4v) is 5.88. The highest BCUT2D eigenvalue weighted by Gasteiger charge is 2.44. The molecule has 2 aliphatic heterocycles. The summed E-state index contributed by atoms with van der Waals surface area (Å²) < 4.78 is 39.2.